The predicted molar refractivity (Wildman–Crippen MR) is 61.7 cm³/mol. The Morgan fingerprint density at radius 1 is 1.28 bits per heavy atom. The number of carbonyl (C=O) groups excluding carboxylic acids is 3. The molecule has 0 amide bonds. The molecule has 0 radical (unpaired) electrons. The quantitative estimate of drug-likeness (QED) is 0.347. The fourth-order valence-corrected chi connectivity index (χ4v) is 1.35. The highest BCUT2D eigenvalue weighted by Crippen LogP contribution is 2.11. The number of Topliss-reactive ketones (excluding diaryl/α,β-unsaturated/α-hetero) is 2. The highest BCUT2D eigenvalue weighted by atomic mass is 19.1. The van der Waals surface area contributed by atoms with Gasteiger partial charge in [0.15, 0.2) is 5.78 Å². The molecule has 1 aromatic rings. The predicted octanol–water partition coefficient (Wildman–Crippen LogP) is 1.84. The van der Waals surface area contributed by atoms with Gasteiger partial charge >= 0.3 is 5.97 Å². The Morgan fingerprint density at radius 3 is 2.50 bits per heavy atom. The molecule has 0 N–H and O–H groups in total. The van der Waals surface area contributed by atoms with Crippen molar-refractivity contribution in [3.8, 4) is 0 Å². The van der Waals surface area contributed by atoms with E-state index in [1.807, 2.05) is 0 Å². The number of hydrogen-bond acceptors (Lipinski definition) is 4. The third kappa shape index (κ3) is 3.48. The molecular weight excluding hydrogens is 239 g/mol. The molecule has 0 unspecified atom stereocenters. The summed E-state index contributed by atoms with van der Waals surface area (Å²) in [7, 11) is 0. The van der Waals surface area contributed by atoms with Gasteiger partial charge < -0.3 is 4.74 Å². The Labute approximate surface area is 104 Å². The topological polar surface area (TPSA) is 60.4 Å². The maximum absolute atomic E-state index is 13.0. The zero-order chi connectivity index (χ0) is 13.7. The van der Waals surface area contributed by atoms with E-state index in [9.17, 15) is 18.8 Å². The zero-order valence-electron chi connectivity index (χ0n) is 10.2. The van der Waals surface area contributed by atoms with Gasteiger partial charge in [0.2, 0.25) is 5.78 Å². The van der Waals surface area contributed by atoms with Crippen molar-refractivity contribution in [2.24, 2.45) is 0 Å². The number of carbonyl (C=O) groups is 3. The van der Waals surface area contributed by atoms with Gasteiger partial charge in [0.1, 0.15) is 5.82 Å². The van der Waals surface area contributed by atoms with E-state index in [0.717, 1.165) is 6.07 Å². The number of rotatable bonds is 5. The van der Waals surface area contributed by atoms with Crippen molar-refractivity contribution in [3.63, 3.8) is 0 Å². The van der Waals surface area contributed by atoms with Crippen LogP contribution in [0.1, 0.15) is 29.3 Å². The highest BCUT2D eigenvalue weighted by Gasteiger charge is 2.20. The Kier molecular flexibility index (Phi) is 4.71. The summed E-state index contributed by atoms with van der Waals surface area (Å²) in [4.78, 5) is 34.0. The molecule has 0 fully saturated rings. The van der Waals surface area contributed by atoms with Crippen LogP contribution in [0.3, 0.4) is 0 Å². The van der Waals surface area contributed by atoms with Gasteiger partial charge in [0.25, 0.3) is 0 Å². The van der Waals surface area contributed by atoms with Gasteiger partial charge in [-0.15, -0.1) is 0 Å². The Hall–Kier alpha value is -2.04. The Bertz CT molecular complexity index is 494. The highest BCUT2D eigenvalue weighted by molar-refractivity contribution is 6.38. The fourth-order valence-electron chi connectivity index (χ4n) is 1.35. The molecule has 0 spiro atoms. The standard InChI is InChI=1S/C13H13FO4/c1-3-18-13(17)12(16)7-11(15)9-4-5-10(14)8(2)6-9/h4-6H,3,7H2,1-2H3. The van der Waals surface area contributed by atoms with Crippen molar-refractivity contribution >= 4 is 17.5 Å². The first-order chi connectivity index (χ1) is 8.45. The van der Waals surface area contributed by atoms with Gasteiger partial charge in [-0.2, -0.15) is 0 Å². The van der Waals surface area contributed by atoms with Crippen molar-refractivity contribution in [2.45, 2.75) is 20.3 Å². The fraction of sp³-hybridized carbons (Fsp3) is 0.308. The van der Waals surface area contributed by atoms with Crippen LogP contribution in [0.2, 0.25) is 0 Å². The molecule has 96 valence electrons. The molecule has 5 heteroatoms. The number of ketones is 2. The maximum Gasteiger partial charge on any atom is 0.375 e. The second-order valence-electron chi connectivity index (χ2n) is 3.71. The molecule has 0 aromatic heterocycles. The molecule has 0 bridgehead atoms. The van der Waals surface area contributed by atoms with Gasteiger partial charge in [0.05, 0.1) is 13.0 Å². The van der Waals surface area contributed by atoms with Crippen molar-refractivity contribution in [1.29, 1.82) is 0 Å². The Morgan fingerprint density at radius 2 is 1.94 bits per heavy atom. The molecule has 0 heterocycles. The second-order valence-corrected chi connectivity index (χ2v) is 3.71. The number of hydrogen-bond donors (Lipinski definition) is 0. The third-order valence-electron chi connectivity index (χ3n) is 2.30. The molecule has 0 saturated heterocycles. The first-order valence-corrected chi connectivity index (χ1v) is 5.45. The summed E-state index contributed by atoms with van der Waals surface area (Å²) in [6.07, 6.45) is -0.566. The normalized spacial score (nSPS) is 9.94. The lowest BCUT2D eigenvalue weighted by Crippen LogP contribution is -2.20. The molecule has 0 aliphatic rings. The smallest absolute Gasteiger partial charge is 0.375 e. The first-order valence-electron chi connectivity index (χ1n) is 5.45. The molecule has 0 aliphatic heterocycles. The van der Waals surface area contributed by atoms with Crippen LogP contribution in [-0.4, -0.2) is 24.1 Å². The van der Waals surface area contributed by atoms with Crippen LogP contribution in [-0.2, 0) is 14.3 Å². The Balaban J connectivity index is 2.73. The lowest BCUT2D eigenvalue weighted by Gasteiger charge is -2.03. The summed E-state index contributed by atoms with van der Waals surface area (Å²) in [6, 6.07) is 3.77. The van der Waals surface area contributed by atoms with Gasteiger partial charge in [-0.1, -0.05) is 0 Å². The lowest BCUT2D eigenvalue weighted by atomic mass is 10.0. The van der Waals surface area contributed by atoms with Crippen LogP contribution in [0.4, 0.5) is 4.39 Å². The number of esters is 1. The van der Waals surface area contributed by atoms with Crippen LogP contribution < -0.4 is 0 Å². The van der Waals surface area contributed by atoms with Gasteiger partial charge in [-0.05, 0) is 37.6 Å². The summed E-state index contributed by atoms with van der Waals surface area (Å²) in [6.45, 7) is 3.16. The minimum absolute atomic E-state index is 0.0778. The third-order valence-corrected chi connectivity index (χ3v) is 2.30. The minimum atomic E-state index is -1.02. The summed E-state index contributed by atoms with van der Waals surface area (Å²) < 4.78 is 17.5. The van der Waals surface area contributed by atoms with Crippen LogP contribution >= 0.6 is 0 Å². The molecule has 18 heavy (non-hydrogen) atoms. The van der Waals surface area contributed by atoms with Crippen LogP contribution in [0.5, 0.6) is 0 Å². The molecule has 0 aliphatic carbocycles. The van der Waals surface area contributed by atoms with Gasteiger partial charge in [-0.3, -0.25) is 9.59 Å². The summed E-state index contributed by atoms with van der Waals surface area (Å²) >= 11 is 0. The van der Waals surface area contributed by atoms with Crippen molar-refractivity contribution < 1.29 is 23.5 Å². The van der Waals surface area contributed by atoms with Crippen molar-refractivity contribution in [3.05, 3.63) is 35.1 Å². The maximum atomic E-state index is 13.0. The van der Waals surface area contributed by atoms with Crippen LogP contribution in [0, 0.1) is 12.7 Å². The summed E-state index contributed by atoms with van der Waals surface area (Å²) in [5, 5.41) is 0. The molecule has 1 aromatic carbocycles. The van der Waals surface area contributed by atoms with Crippen molar-refractivity contribution in [1.82, 2.24) is 0 Å². The van der Waals surface area contributed by atoms with E-state index in [0.29, 0.717) is 5.56 Å². The van der Waals surface area contributed by atoms with Crippen molar-refractivity contribution in [2.75, 3.05) is 6.61 Å². The van der Waals surface area contributed by atoms with E-state index in [2.05, 4.69) is 4.74 Å². The summed E-state index contributed by atoms with van der Waals surface area (Å²) in [5.41, 5.74) is 0.510. The van der Waals surface area contributed by atoms with Crippen LogP contribution in [0.25, 0.3) is 0 Å². The number of aryl methyl sites for hydroxylation is 1. The zero-order valence-corrected chi connectivity index (χ0v) is 10.2. The largest absolute Gasteiger partial charge is 0.460 e. The van der Waals surface area contributed by atoms with E-state index in [4.69, 9.17) is 0 Å². The van der Waals surface area contributed by atoms with E-state index in [1.165, 1.54) is 19.1 Å². The van der Waals surface area contributed by atoms with E-state index >= 15 is 0 Å². The first kappa shape index (κ1) is 14.0. The number of benzene rings is 1. The molecule has 0 atom stereocenters. The van der Waals surface area contributed by atoms with Gasteiger partial charge in [-0.25, -0.2) is 9.18 Å². The molecule has 4 nitrogen and oxygen atoms in total. The van der Waals surface area contributed by atoms with Gasteiger partial charge in [0, 0.05) is 5.56 Å². The average Bonchev–Trinajstić information content (AvgIpc) is 2.32. The number of halogens is 1. The molecule has 0 saturated carbocycles. The van der Waals surface area contributed by atoms with E-state index in [1.54, 1.807) is 6.92 Å². The monoisotopic (exact) mass is 252 g/mol. The number of ether oxygens (including phenoxy) is 1. The lowest BCUT2D eigenvalue weighted by molar-refractivity contribution is -0.153. The average molecular weight is 252 g/mol. The molecule has 1 rings (SSSR count). The van der Waals surface area contributed by atoms with E-state index < -0.39 is 29.8 Å². The second kappa shape index (κ2) is 6.05. The van der Waals surface area contributed by atoms with E-state index in [-0.39, 0.29) is 12.2 Å². The summed E-state index contributed by atoms with van der Waals surface area (Å²) in [5.74, 6) is -2.88. The minimum Gasteiger partial charge on any atom is -0.460 e. The van der Waals surface area contributed by atoms with Crippen LogP contribution in [0.15, 0.2) is 18.2 Å². The molecular formula is C13H13FO4. The SMILES string of the molecule is CCOC(=O)C(=O)CC(=O)c1ccc(F)c(C)c1.